The van der Waals surface area contributed by atoms with Gasteiger partial charge in [0.2, 0.25) is 0 Å². The van der Waals surface area contributed by atoms with Crippen LogP contribution in [0.5, 0.6) is 5.75 Å². The molecule has 2 aliphatic rings. The summed E-state index contributed by atoms with van der Waals surface area (Å²) < 4.78 is 7.29. The number of ether oxygens (including phenoxy) is 1. The summed E-state index contributed by atoms with van der Waals surface area (Å²) in [6.45, 7) is 6.31. The third kappa shape index (κ3) is 2.71. The lowest BCUT2D eigenvalue weighted by Gasteiger charge is -2.50. The van der Waals surface area contributed by atoms with Crippen molar-refractivity contribution >= 4 is 27.6 Å². The molecular formula is C20H21BrN2O2. The van der Waals surface area contributed by atoms with Crippen molar-refractivity contribution in [1.29, 1.82) is 0 Å². The molecule has 2 aliphatic heterocycles. The van der Waals surface area contributed by atoms with Crippen LogP contribution in [0.15, 0.2) is 46.9 Å². The number of fused-ring (bicyclic) bond motifs is 4. The van der Waals surface area contributed by atoms with Crippen molar-refractivity contribution in [2.45, 2.75) is 44.9 Å². The molecule has 1 N–H and O–H groups in total. The van der Waals surface area contributed by atoms with E-state index in [0.29, 0.717) is 12.3 Å². The number of hydrogen-bond donors (Lipinski definition) is 1. The summed E-state index contributed by atoms with van der Waals surface area (Å²) in [7, 11) is 0. The molecule has 0 spiro atoms. The minimum Gasteiger partial charge on any atom is -0.467 e. The van der Waals surface area contributed by atoms with Gasteiger partial charge in [0, 0.05) is 22.1 Å². The van der Waals surface area contributed by atoms with Crippen LogP contribution in [0.4, 0.5) is 10.5 Å². The maximum atomic E-state index is 12.9. The summed E-state index contributed by atoms with van der Waals surface area (Å²) in [5.41, 5.74) is 2.43. The van der Waals surface area contributed by atoms with Gasteiger partial charge in [0.25, 0.3) is 0 Å². The monoisotopic (exact) mass is 400 g/mol. The van der Waals surface area contributed by atoms with Gasteiger partial charge < -0.3 is 10.1 Å². The van der Waals surface area contributed by atoms with Gasteiger partial charge in [-0.25, -0.2) is 4.79 Å². The highest BCUT2D eigenvalue weighted by Crippen LogP contribution is 2.46. The number of amides is 2. The van der Waals surface area contributed by atoms with Gasteiger partial charge >= 0.3 is 6.03 Å². The van der Waals surface area contributed by atoms with E-state index in [1.807, 2.05) is 37.3 Å². The van der Waals surface area contributed by atoms with Gasteiger partial charge in [-0.1, -0.05) is 41.9 Å². The lowest BCUT2D eigenvalue weighted by Crippen LogP contribution is -2.65. The molecule has 2 unspecified atom stereocenters. The van der Waals surface area contributed by atoms with Crippen molar-refractivity contribution in [3.63, 3.8) is 0 Å². The Labute approximate surface area is 156 Å². The molecule has 0 aromatic heterocycles. The average molecular weight is 401 g/mol. The number of rotatable bonds is 2. The first-order valence-corrected chi connectivity index (χ1v) is 9.36. The van der Waals surface area contributed by atoms with Crippen LogP contribution < -0.4 is 15.0 Å². The van der Waals surface area contributed by atoms with Crippen LogP contribution in [0.3, 0.4) is 0 Å². The number of halogens is 1. The van der Waals surface area contributed by atoms with Gasteiger partial charge in [0.15, 0.2) is 5.72 Å². The molecule has 0 aliphatic carbocycles. The van der Waals surface area contributed by atoms with Crippen molar-refractivity contribution in [2.75, 3.05) is 4.90 Å². The third-order valence-corrected chi connectivity index (χ3v) is 5.54. The molecule has 4 nitrogen and oxygen atoms in total. The number of carbonyl (C=O) groups is 1. The van der Waals surface area contributed by atoms with E-state index in [9.17, 15) is 4.79 Å². The summed E-state index contributed by atoms with van der Waals surface area (Å²) >= 11 is 3.50. The fraction of sp³-hybridized carbons (Fsp3) is 0.350. The van der Waals surface area contributed by atoms with Gasteiger partial charge in [-0.05, 0) is 48.7 Å². The molecule has 2 aromatic carbocycles. The van der Waals surface area contributed by atoms with E-state index in [2.05, 4.69) is 47.2 Å². The molecule has 2 heterocycles. The molecule has 2 aromatic rings. The standard InChI is InChI=1S/C20H21BrN2O2/c1-12(2)13-4-7-15(8-5-13)23-19(24)22-17-11-20(23,3)25-18-9-6-14(21)10-16(17)18/h4-10,12,17H,11H2,1-3H3,(H,22,24). The van der Waals surface area contributed by atoms with Crippen LogP contribution in [0, 0.1) is 0 Å². The Bertz CT molecular complexity index is 834. The largest absolute Gasteiger partial charge is 0.467 e. The van der Waals surface area contributed by atoms with Crippen molar-refractivity contribution < 1.29 is 9.53 Å². The van der Waals surface area contributed by atoms with Gasteiger partial charge in [0.05, 0.1) is 6.04 Å². The summed E-state index contributed by atoms with van der Waals surface area (Å²) in [5, 5.41) is 3.13. The molecule has 2 amide bonds. The lowest BCUT2D eigenvalue weighted by molar-refractivity contribution is 0.0378. The van der Waals surface area contributed by atoms with E-state index in [-0.39, 0.29) is 12.1 Å². The zero-order chi connectivity index (χ0) is 17.8. The predicted octanol–water partition coefficient (Wildman–Crippen LogP) is 5.34. The summed E-state index contributed by atoms with van der Waals surface area (Å²) in [5.74, 6) is 1.28. The highest BCUT2D eigenvalue weighted by Gasteiger charge is 2.49. The van der Waals surface area contributed by atoms with E-state index < -0.39 is 5.72 Å². The molecule has 1 fully saturated rings. The Kier molecular flexibility index (Phi) is 3.80. The number of nitrogens with one attached hydrogen (secondary N) is 1. The Morgan fingerprint density at radius 3 is 2.64 bits per heavy atom. The molecule has 0 saturated carbocycles. The van der Waals surface area contributed by atoms with Crippen LogP contribution in [0.25, 0.3) is 0 Å². The minimum atomic E-state index is -0.701. The van der Waals surface area contributed by atoms with Crippen LogP contribution in [0.1, 0.15) is 50.3 Å². The van der Waals surface area contributed by atoms with Gasteiger partial charge in [-0.2, -0.15) is 0 Å². The summed E-state index contributed by atoms with van der Waals surface area (Å²) in [4.78, 5) is 14.6. The van der Waals surface area contributed by atoms with Crippen LogP contribution in [-0.4, -0.2) is 11.8 Å². The lowest BCUT2D eigenvalue weighted by atomic mass is 9.90. The zero-order valence-corrected chi connectivity index (χ0v) is 16.1. The van der Waals surface area contributed by atoms with Gasteiger partial charge in [-0.15, -0.1) is 0 Å². The van der Waals surface area contributed by atoms with E-state index in [0.717, 1.165) is 21.5 Å². The van der Waals surface area contributed by atoms with E-state index in [1.54, 1.807) is 4.90 Å². The molecule has 25 heavy (non-hydrogen) atoms. The predicted molar refractivity (Wildman–Crippen MR) is 102 cm³/mol. The smallest absolute Gasteiger partial charge is 0.325 e. The van der Waals surface area contributed by atoms with E-state index >= 15 is 0 Å². The minimum absolute atomic E-state index is 0.0371. The second-order valence-electron chi connectivity index (χ2n) is 7.25. The van der Waals surface area contributed by atoms with E-state index in [4.69, 9.17) is 4.74 Å². The number of anilines is 1. The Morgan fingerprint density at radius 1 is 1.24 bits per heavy atom. The Morgan fingerprint density at radius 2 is 1.96 bits per heavy atom. The van der Waals surface area contributed by atoms with Crippen LogP contribution in [0.2, 0.25) is 0 Å². The van der Waals surface area contributed by atoms with Gasteiger partial charge in [-0.3, -0.25) is 4.90 Å². The first-order chi connectivity index (χ1) is 11.9. The number of urea groups is 1. The number of carbonyl (C=O) groups excluding carboxylic acids is 1. The number of benzene rings is 2. The second kappa shape index (κ2) is 5.77. The maximum absolute atomic E-state index is 12.9. The summed E-state index contributed by atoms with van der Waals surface area (Å²) in [6.07, 6.45) is 0.703. The topological polar surface area (TPSA) is 41.6 Å². The highest BCUT2D eigenvalue weighted by molar-refractivity contribution is 9.10. The molecule has 2 bridgehead atoms. The quantitative estimate of drug-likeness (QED) is 0.738. The molecule has 1 saturated heterocycles. The third-order valence-electron chi connectivity index (χ3n) is 5.05. The normalized spacial score (nSPS) is 24.6. The molecular weight excluding hydrogens is 380 g/mol. The van der Waals surface area contributed by atoms with Crippen LogP contribution >= 0.6 is 15.9 Å². The van der Waals surface area contributed by atoms with Crippen molar-refractivity contribution in [3.05, 3.63) is 58.1 Å². The zero-order valence-electron chi connectivity index (χ0n) is 14.5. The molecule has 0 radical (unpaired) electrons. The van der Waals surface area contributed by atoms with Gasteiger partial charge in [0.1, 0.15) is 5.75 Å². The van der Waals surface area contributed by atoms with Crippen LogP contribution in [-0.2, 0) is 0 Å². The van der Waals surface area contributed by atoms with Crippen molar-refractivity contribution in [2.24, 2.45) is 0 Å². The molecule has 4 rings (SSSR count). The SMILES string of the molecule is CC(C)c1ccc(N2C(=O)NC3CC2(C)Oc2ccc(Br)cc23)cc1. The first kappa shape index (κ1) is 16.5. The number of hydrogen-bond acceptors (Lipinski definition) is 2. The fourth-order valence-corrected chi connectivity index (χ4v) is 4.12. The average Bonchev–Trinajstić information content (AvgIpc) is 2.55. The first-order valence-electron chi connectivity index (χ1n) is 8.56. The fourth-order valence-electron chi connectivity index (χ4n) is 3.74. The van der Waals surface area contributed by atoms with E-state index in [1.165, 1.54) is 5.56 Å². The molecule has 5 heteroatoms. The Hall–Kier alpha value is -2.01. The Balaban J connectivity index is 1.73. The highest BCUT2D eigenvalue weighted by atomic mass is 79.9. The second-order valence-corrected chi connectivity index (χ2v) is 8.16. The van der Waals surface area contributed by atoms with Crippen molar-refractivity contribution in [3.8, 4) is 5.75 Å². The number of nitrogens with zero attached hydrogens (tertiary/aromatic N) is 1. The molecule has 2 atom stereocenters. The maximum Gasteiger partial charge on any atom is 0.325 e. The summed E-state index contributed by atoms with van der Waals surface area (Å²) in [6, 6.07) is 13.9. The van der Waals surface area contributed by atoms with Crippen molar-refractivity contribution in [1.82, 2.24) is 5.32 Å². The molecule has 130 valence electrons.